The van der Waals surface area contributed by atoms with Gasteiger partial charge in [-0.15, -0.1) is 0 Å². The van der Waals surface area contributed by atoms with Crippen LogP contribution < -0.4 is 17.2 Å². The molecule has 0 fully saturated rings. The van der Waals surface area contributed by atoms with Crippen molar-refractivity contribution in [2.24, 2.45) is 5.73 Å². The molecule has 4 heteroatoms. The van der Waals surface area contributed by atoms with Gasteiger partial charge in [-0.1, -0.05) is 0 Å². The first-order chi connectivity index (χ1) is 5.11. The molecule has 0 saturated carbocycles. The average Bonchev–Trinajstić information content (AvgIpc) is 1.94. The number of hydrogen-bond acceptors (Lipinski definition) is 3. The second-order valence-corrected chi connectivity index (χ2v) is 2.26. The van der Waals surface area contributed by atoms with Gasteiger partial charge in [0.15, 0.2) is 0 Å². The van der Waals surface area contributed by atoms with Gasteiger partial charge < -0.3 is 17.2 Å². The minimum atomic E-state index is -0.0604. The molecule has 0 radical (unpaired) electrons. The third-order valence-corrected chi connectivity index (χ3v) is 1.37. The summed E-state index contributed by atoms with van der Waals surface area (Å²) in [7, 11) is 0. The van der Waals surface area contributed by atoms with Gasteiger partial charge in [-0.2, -0.15) is 0 Å². The first kappa shape index (κ1) is 7.40. The lowest BCUT2D eigenvalue weighted by Crippen LogP contribution is -2.13. The van der Waals surface area contributed by atoms with Gasteiger partial charge in [0, 0.05) is 16.9 Å². The predicted octanol–water partition coefficient (Wildman–Crippen LogP) is 0.135. The molecular weight excluding hydrogens is 140 g/mol. The lowest BCUT2D eigenvalue weighted by Gasteiger charge is -2.03. The summed E-state index contributed by atoms with van der Waals surface area (Å²) in [6.45, 7) is 0. The maximum Gasteiger partial charge on any atom is 0.124 e. The molecule has 0 aliphatic rings. The van der Waals surface area contributed by atoms with Crippen molar-refractivity contribution in [1.82, 2.24) is 0 Å². The van der Waals surface area contributed by atoms with Crippen LogP contribution in [-0.4, -0.2) is 5.84 Å². The minimum Gasteiger partial charge on any atom is -0.399 e. The van der Waals surface area contributed by atoms with E-state index < -0.39 is 0 Å². The van der Waals surface area contributed by atoms with Crippen LogP contribution in [0.4, 0.5) is 11.4 Å². The third-order valence-electron chi connectivity index (χ3n) is 1.37. The molecule has 4 nitrogen and oxygen atoms in total. The molecule has 0 bridgehead atoms. The van der Waals surface area contributed by atoms with E-state index in [9.17, 15) is 0 Å². The van der Waals surface area contributed by atoms with Crippen molar-refractivity contribution in [3.8, 4) is 0 Å². The van der Waals surface area contributed by atoms with Crippen molar-refractivity contribution in [2.75, 3.05) is 11.5 Å². The summed E-state index contributed by atoms with van der Waals surface area (Å²) in [6.07, 6.45) is 0. The summed E-state index contributed by atoms with van der Waals surface area (Å²) in [4.78, 5) is 0. The van der Waals surface area contributed by atoms with E-state index in [1.807, 2.05) is 0 Å². The van der Waals surface area contributed by atoms with E-state index in [2.05, 4.69) is 0 Å². The molecule has 1 aromatic rings. The molecule has 0 saturated heterocycles. The average molecular weight is 150 g/mol. The molecule has 0 heterocycles. The molecule has 1 aromatic carbocycles. The van der Waals surface area contributed by atoms with E-state index in [1.54, 1.807) is 18.2 Å². The lowest BCUT2D eigenvalue weighted by molar-refractivity contribution is 1.43. The lowest BCUT2D eigenvalue weighted by atomic mass is 10.1. The van der Waals surface area contributed by atoms with Crippen molar-refractivity contribution in [1.29, 1.82) is 5.41 Å². The van der Waals surface area contributed by atoms with E-state index in [1.165, 1.54) is 0 Å². The Hall–Kier alpha value is -1.71. The summed E-state index contributed by atoms with van der Waals surface area (Å²) < 4.78 is 0. The van der Waals surface area contributed by atoms with Crippen molar-refractivity contribution in [2.45, 2.75) is 0 Å². The highest BCUT2D eigenvalue weighted by atomic mass is 14.7. The zero-order chi connectivity index (χ0) is 8.43. The van der Waals surface area contributed by atoms with Crippen LogP contribution in [0.3, 0.4) is 0 Å². The molecule has 0 unspecified atom stereocenters. The molecule has 0 aromatic heterocycles. The van der Waals surface area contributed by atoms with Crippen molar-refractivity contribution >= 4 is 17.2 Å². The Morgan fingerprint density at radius 2 is 1.91 bits per heavy atom. The molecule has 0 aliphatic carbocycles. The monoisotopic (exact) mass is 150 g/mol. The largest absolute Gasteiger partial charge is 0.399 e. The van der Waals surface area contributed by atoms with Gasteiger partial charge in [0.25, 0.3) is 0 Å². The number of nitrogen functional groups attached to an aromatic ring is 3. The number of benzene rings is 1. The highest BCUT2D eigenvalue weighted by Gasteiger charge is 2.00. The van der Waals surface area contributed by atoms with E-state index in [0.717, 1.165) is 0 Å². The Bertz CT molecular complexity index is 292. The van der Waals surface area contributed by atoms with Gasteiger partial charge in [-0.3, -0.25) is 5.41 Å². The van der Waals surface area contributed by atoms with E-state index >= 15 is 0 Å². The minimum absolute atomic E-state index is 0.0604. The quantitative estimate of drug-likeness (QED) is 0.260. The topological polar surface area (TPSA) is 102 Å². The van der Waals surface area contributed by atoms with Crippen LogP contribution in [0.2, 0.25) is 0 Å². The van der Waals surface area contributed by atoms with Crippen molar-refractivity contribution in [3.05, 3.63) is 23.8 Å². The molecule has 0 atom stereocenters. The highest BCUT2D eigenvalue weighted by molar-refractivity contribution is 6.00. The molecule has 1 rings (SSSR count). The van der Waals surface area contributed by atoms with Gasteiger partial charge in [-0.05, 0) is 18.2 Å². The highest BCUT2D eigenvalue weighted by Crippen LogP contribution is 2.14. The Morgan fingerprint density at radius 3 is 2.36 bits per heavy atom. The van der Waals surface area contributed by atoms with Crippen LogP contribution in [0.15, 0.2) is 18.2 Å². The number of rotatable bonds is 1. The van der Waals surface area contributed by atoms with Gasteiger partial charge in [0.05, 0.1) is 0 Å². The van der Waals surface area contributed by atoms with Gasteiger partial charge in [0.2, 0.25) is 0 Å². The van der Waals surface area contributed by atoms with Crippen LogP contribution in [0.5, 0.6) is 0 Å². The van der Waals surface area contributed by atoms with Crippen LogP contribution in [0.1, 0.15) is 5.56 Å². The number of nitrogens with two attached hydrogens (primary N) is 3. The van der Waals surface area contributed by atoms with E-state index in [0.29, 0.717) is 16.9 Å². The molecule has 11 heavy (non-hydrogen) atoms. The number of anilines is 2. The Labute approximate surface area is 64.5 Å². The summed E-state index contributed by atoms with van der Waals surface area (Å²) in [6, 6.07) is 4.88. The normalized spacial score (nSPS) is 9.45. The maximum atomic E-state index is 7.12. The first-order valence-corrected chi connectivity index (χ1v) is 3.10. The molecule has 7 N–H and O–H groups in total. The molecule has 58 valence electrons. The van der Waals surface area contributed by atoms with Crippen LogP contribution >= 0.6 is 0 Å². The van der Waals surface area contributed by atoms with Gasteiger partial charge in [0.1, 0.15) is 5.84 Å². The Balaban J connectivity index is 3.23. The van der Waals surface area contributed by atoms with E-state index in [-0.39, 0.29) is 5.84 Å². The fraction of sp³-hybridized carbons (Fsp3) is 0. The van der Waals surface area contributed by atoms with Crippen LogP contribution in [0.25, 0.3) is 0 Å². The zero-order valence-electron chi connectivity index (χ0n) is 5.96. The fourth-order valence-electron chi connectivity index (χ4n) is 0.807. The Morgan fingerprint density at radius 1 is 1.27 bits per heavy atom. The van der Waals surface area contributed by atoms with Crippen LogP contribution in [-0.2, 0) is 0 Å². The summed E-state index contributed by atoms with van der Waals surface area (Å²) in [5.41, 5.74) is 17.7. The third kappa shape index (κ3) is 1.40. The summed E-state index contributed by atoms with van der Waals surface area (Å²) in [5, 5.41) is 7.12. The zero-order valence-corrected chi connectivity index (χ0v) is 5.96. The molecular formula is C7H10N4. The van der Waals surface area contributed by atoms with Crippen molar-refractivity contribution < 1.29 is 0 Å². The van der Waals surface area contributed by atoms with Crippen LogP contribution in [0, 0.1) is 5.41 Å². The van der Waals surface area contributed by atoms with Gasteiger partial charge >= 0.3 is 0 Å². The SMILES string of the molecule is N=C(N)c1cc(N)ccc1N. The number of amidine groups is 1. The van der Waals surface area contributed by atoms with E-state index in [4.69, 9.17) is 22.6 Å². The fourth-order valence-corrected chi connectivity index (χ4v) is 0.807. The number of hydrogen-bond donors (Lipinski definition) is 4. The summed E-state index contributed by atoms with van der Waals surface area (Å²) >= 11 is 0. The summed E-state index contributed by atoms with van der Waals surface area (Å²) in [5.74, 6) is -0.0604. The second kappa shape index (κ2) is 2.49. The first-order valence-electron chi connectivity index (χ1n) is 3.10. The number of nitrogens with one attached hydrogen (secondary N) is 1. The standard InChI is InChI=1S/C7H10N4/c8-4-1-2-6(9)5(3-4)7(10)11/h1-3H,8-9H2,(H3,10,11). The predicted molar refractivity (Wildman–Crippen MR) is 46.3 cm³/mol. The smallest absolute Gasteiger partial charge is 0.124 e. The Kier molecular flexibility index (Phi) is 1.68. The second-order valence-electron chi connectivity index (χ2n) is 2.26. The molecule has 0 aliphatic heterocycles. The van der Waals surface area contributed by atoms with Gasteiger partial charge in [-0.25, -0.2) is 0 Å². The molecule has 0 spiro atoms. The molecule has 0 amide bonds. The van der Waals surface area contributed by atoms with Crippen molar-refractivity contribution in [3.63, 3.8) is 0 Å². The maximum absolute atomic E-state index is 7.12.